The molecule has 0 saturated carbocycles. The van der Waals surface area contributed by atoms with Gasteiger partial charge in [0.25, 0.3) is 5.91 Å². The second-order valence-electron chi connectivity index (χ2n) is 4.19. The van der Waals surface area contributed by atoms with Crippen LogP contribution in [0.3, 0.4) is 0 Å². The lowest BCUT2D eigenvalue weighted by atomic mass is 10.1. The normalized spacial score (nSPS) is 11.9. The highest BCUT2D eigenvalue weighted by Gasteiger charge is 2.19. The monoisotopic (exact) mass is 250 g/mol. The molecule has 1 rings (SSSR count). The van der Waals surface area contributed by atoms with Gasteiger partial charge in [-0.05, 0) is 25.5 Å². The third-order valence-electron chi connectivity index (χ3n) is 2.62. The highest BCUT2D eigenvalue weighted by molar-refractivity contribution is 5.96. The summed E-state index contributed by atoms with van der Waals surface area (Å²) in [5.74, 6) is -1.40. The van der Waals surface area contributed by atoms with Gasteiger partial charge in [-0.25, -0.2) is 4.79 Å². The van der Waals surface area contributed by atoms with Crippen LogP contribution in [-0.4, -0.2) is 28.0 Å². The summed E-state index contributed by atoms with van der Waals surface area (Å²) in [6.07, 6.45) is 3.55. The molecule has 18 heavy (non-hydrogen) atoms. The number of aromatic nitrogens is 1. The van der Waals surface area contributed by atoms with Gasteiger partial charge in [-0.1, -0.05) is 19.8 Å². The molecule has 5 heteroatoms. The number of aryl methyl sites for hydroxylation is 1. The first-order chi connectivity index (χ1) is 8.54. The van der Waals surface area contributed by atoms with Crippen molar-refractivity contribution in [1.29, 1.82) is 0 Å². The van der Waals surface area contributed by atoms with E-state index in [1.807, 2.05) is 13.8 Å². The summed E-state index contributed by atoms with van der Waals surface area (Å²) in [6, 6.07) is 2.52. The molecule has 0 saturated heterocycles. The molecule has 0 fully saturated rings. The quantitative estimate of drug-likeness (QED) is 0.806. The maximum Gasteiger partial charge on any atom is 0.326 e. The molecule has 2 N–H and O–H groups in total. The van der Waals surface area contributed by atoms with Crippen LogP contribution >= 0.6 is 0 Å². The second kappa shape index (κ2) is 6.74. The Bertz CT molecular complexity index is 415. The summed E-state index contributed by atoms with van der Waals surface area (Å²) in [4.78, 5) is 26.8. The van der Waals surface area contributed by atoms with E-state index in [0.717, 1.165) is 18.5 Å². The van der Waals surface area contributed by atoms with Crippen molar-refractivity contribution in [3.8, 4) is 0 Å². The van der Waals surface area contributed by atoms with Gasteiger partial charge in [0.15, 0.2) is 0 Å². The van der Waals surface area contributed by atoms with Crippen molar-refractivity contribution in [2.75, 3.05) is 0 Å². The fourth-order valence-electron chi connectivity index (χ4n) is 1.51. The third-order valence-corrected chi connectivity index (χ3v) is 2.62. The number of carboxylic acids is 1. The number of carbonyl (C=O) groups excluding carboxylic acids is 1. The Balaban J connectivity index is 2.66. The number of rotatable bonds is 6. The molecule has 1 aromatic heterocycles. The minimum atomic E-state index is -1.00. The van der Waals surface area contributed by atoms with Crippen LogP contribution in [0, 0.1) is 6.92 Å². The van der Waals surface area contributed by atoms with E-state index in [1.54, 1.807) is 12.1 Å². The molecule has 0 spiro atoms. The van der Waals surface area contributed by atoms with E-state index in [1.165, 1.54) is 6.20 Å². The number of nitrogens with one attached hydrogen (secondary N) is 1. The molecular formula is C13H18N2O3. The fourth-order valence-corrected chi connectivity index (χ4v) is 1.51. The van der Waals surface area contributed by atoms with Crippen LogP contribution in [0.15, 0.2) is 18.3 Å². The Hall–Kier alpha value is -1.91. The number of carboxylic acid groups (broad SMARTS) is 1. The van der Waals surface area contributed by atoms with Crippen LogP contribution in [0.1, 0.15) is 42.2 Å². The Morgan fingerprint density at radius 2 is 2.17 bits per heavy atom. The Morgan fingerprint density at radius 3 is 2.67 bits per heavy atom. The van der Waals surface area contributed by atoms with Crippen molar-refractivity contribution in [3.63, 3.8) is 0 Å². The molecule has 5 nitrogen and oxygen atoms in total. The van der Waals surface area contributed by atoms with Crippen molar-refractivity contribution in [3.05, 3.63) is 29.6 Å². The Morgan fingerprint density at radius 1 is 1.44 bits per heavy atom. The standard InChI is InChI=1S/C13H18N2O3/c1-3-4-5-11(13(17)18)15-12(16)10-7-6-9(2)14-8-10/h6-8,11H,3-5H2,1-2H3,(H,15,16)(H,17,18)/t11-/m0/s1. The van der Waals surface area contributed by atoms with Gasteiger partial charge in [0.05, 0.1) is 5.56 Å². The smallest absolute Gasteiger partial charge is 0.326 e. The number of unbranched alkanes of at least 4 members (excludes halogenated alkanes) is 1. The zero-order chi connectivity index (χ0) is 13.5. The number of pyridine rings is 1. The molecule has 0 bridgehead atoms. The molecule has 98 valence electrons. The number of carbonyl (C=O) groups is 2. The van der Waals surface area contributed by atoms with E-state index in [-0.39, 0.29) is 0 Å². The Labute approximate surface area is 106 Å². The van der Waals surface area contributed by atoms with Gasteiger partial charge in [0, 0.05) is 11.9 Å². The predicted molar refractivity (Wildman–Crippen MR) is 67.4 cm³/mol. The highest BCUT2D eigenvalue weighted by Crippen LogP contribution is 2.04. The zero-order valence-electron chi connectivity index (χ0n) is 10.6. The first-order valence-electron chi connectivity index (χ1n) is 6.01. The van der Waals surface area contributed by atoms with Gasteiger partial charge in [0.2, 0.25) is 0 Å². The first-order valence-corrected chi connectivity index (χ1v) is 6.01. The summed E-state index contributed by atoms with van der Waals surface area (Å²) >= 11 is 0. The van der Waals surface area contributed by atoms with Crippen LogP contribution in [0.5, 0.6) is 0 Å². The van der Waals surface area contributed by atoms with Crippen molar-refractivity contribution in [2.24, 2.45) is 0 Å². The molecule has 1 aromatic rings. The Kier molecular flexibility index (Phi) is 5.30. The molecule has 0 aromatic carbocycles. The van der Waals surface area contributed by atoms with Gasteiger partial charge < -0.3 is 10.4 Å². The molecule has 0 aliphatic rings. The zero-order valence-corrected chi connectivity index (χ0v) is 10.6. The minimum Gasteiger partial charge on any atom is -0.480 e. The highest BCUT2D eigenvalue weighted by atomic mass is 16.4. The van der Waals surface area contributed by atoms with E-state index in [0.29, 0.717) is 12.0 Å². The van der Waals surface area contributed by atoms with E-state index < -0.39 is 17.9 Å². The van der Waals surface area contributed by atoms with Gasteiger partial charge in [-0.3, -0.25) is 9.78 Å². The lowest BCUT2D eigenvalue weighted by Crippen LogP contribution is -2.40. The van der Waals surface area contributed by atoms with Gasteiger partial charge in [-0.15, -0.1) is 0 Å². The van der Waals surface area contributed by atoms with Crippen LogP contribution in [0.25, 0.3) is 0 Å². The summed E-state index contributed by atoms with van der Waals surface area (Å²) < 4.78 is 0. The lowest BCUT2D eigenvalue weighted by Gasteiger charge is -2.13. The van der Waals surface area contributed by atoms with Gasteiger partial charge >= 0.3 is 5.97 Å². The van der Waals surface area contributed by atoms with E-state index in [2.05, 4.69) is 10.3 Å². The summed E-state index contributed by atoms with van der Waals surface area (Å²) in [5.41, 5.74) is 1.19. The molecule has 1 heterocycles. The third kappa shape index (κ3) is 4.16. The molecule has 1 atom stereocenters. The van der Waals surface area contributed by atoms with Crippen molar-refractivity contribution >= 4 is 11.9 Å². The van der Waals surface area contributed by atoms with Crippen LogP contribution in [-0.2, 0) is 4.79 Å². The second-order valence-corrected chi connectivity index (χ2v) is 4.19. The molecule has 1 amide bonds. The van der Waals surface area contributed by atoms with Crippen molar-refractivity contribution in [1.82, 2.24) is 10.3 Å². The van der Waals surface area contributed by atoms with Crippen LogP contribution in [0.4, 0.5) is 0 Å². The molecule has 0 unspecified atom stereocenters. The number of hydrogen-bond acceptors (Lipinski definition) is 3. The number of amides is 1. The van der Waals surface area contributed by atoms with E-state index in [9.17, 15) is 9.59 Å². The maximum atomic E-state index is 11.8. The number of aliphatic carboxylic acids is 1. The van der Waals surface area contributed by atoms with Gasteiger partial charge in [0.1, 0.15) is 6.04 Å². The summed E-state index contributed by atoms with van der Waals surface area (Å²) in [5, 5.41) is 11.5. The number of hydrogen-bond donors (Lipinski definition) is 2. The summed E-state index contributed by atoms with van der Waals surface area (Å²) in [7, 11) is 0. The van der Waals surface area contributed by atoms with Crippen molar-refractivity contribution < 1.29 is 14.7 Å². The molecular weight excluding hydrogens is 232 g/mol. The van der Waals surface area contributed by atoms with Gasteiger partial charge in [-0.2, -0.15) is 0 Å². The minimum absolute atomic E-state index is 0.378. The number of nitrogens with zero attached hydrogens (tertiary/aromatic N) is 1. The van der Waals surface area contributed by atoms with Crippen LogP contribution in [0.2, 0.25) is 0 Å². The van der Waals surface area contributed by atoms with Crippen LogP contribution < -0.4 is 5.32 Å². The summed E-state index contributed by atoms with van der Waals surface area (Å²) in [6.45, 7) is 3.80. The predicted octanol–water partition coefficient (Wildman–Crippen LogP) is 1.76. The van der Waals surface area contributed by atoms with E-state index in [4.69, 9.17) is 5.11 Å². The lowest BCUT2D eigenvalue weighted by molar-refractivity contribution is -0.139. The molecule has 0 aliphatic carbocycles. The SMILES string of the molecule is CCCC[C@H](NC(=O)c1ccc(C)nc1)C(=O)O. The molecule has 0 radical (unpaired) electrons. The largest absolute Gasteiger partial charge is 0.480 e. The molecule has 0 aliphatic heterocycles. The van der Waals surface area contributed by atoms with E-state index >= 15 is 0 Å². The average molecular weight is 250 g/mol. The average Bonchev–Trinajstić information content (AvgIpc) is 2.34. The van der Waals surface area contributed by atoms with Crippen molar-refractivity contribution in [2.45, 2.75) is 39.2 Å². The fraction of sp³-hybridized carbons (Fsp3) is 0.462. The first kappa shape index (κ1) is 14.2. The maximum absolute atomic E-state index is 11.8. The topological polar surface area (TPSA) is 79.3 Å².